The molecule has 1 aromatic rings. The standard InChI is InChI=1S/C7H6N2OS/c10-7-8-2-1-6-5-11-4-3-9(6)7/h1-4H,5H2. The van der Waals surface area contributed by atoms with Crippen LogP contribution < -0.4 is 5.69 Å². The van der Waals surface area contributed by atoms with Crippen LogP contribution in [0.25, 0.3) is 6.20 Å². The van der Waals surface area contributed by atoms with Crippen molar-refractivity contribution >= 4 is 18.0 Å². The van der Waals surface area contributed by atoms with Crippen molar-refractivity contribution < 1.29 is 0 Å². The van der Waals surface area contributed by atoms with Crippen LogP contribution in [0, 0.1) is 0 Å². The average Bonchev–Trinajstić information content (AvgIpc) is 2.06. The summed E-state index contributed by atoms with van der Waals surface area (Å²) in [5, 5.41) is 1.90. The van der Waals surface area contributed by atoms with Gasteiger partial charge in [0.25, 0.3) is 0 Å². The molecule has 0 radical (unpaired) electrons. The lowest BCUT2D eigenvalue weighted by molar-refractivity contribution is 0.905. The van der Waals surface area contributed by atoms with Crippen molar-refractivity contribution in [2.24, 2.45) is 0 Å². The zero-order chi connectivity index (χ0) is 7.68. The molecule has 0 atom stereocenters. The van der Waals surface area contributed by atoms with Crippen LogP contribution in [0.2, 0.25) is 0 Å². The van der Waals surface area contributed by atoms with Crippen LogP contribution in [-0.2, 0) is 5.75 Å². The summed E-state index contributed by atoms with van der Waals surface area (Å²) in [5.41, 5.74) is 0.816. The molecule has 1 aliphatic heterocycles. The van der Waals surface area contributed by atoms with E-state index in [4.69, 9.17) is 0 Å². The van der Waals surface area contributed by atoms with Crippen LogP contribution in [0.1, 0.15) is 5.69 Å². The second-order valence-electron chi connectivity index (χ2n) is 2.18. The first kappa shape index (κ1) is 6.67. The van der Waals surface area contributed by atoms with Gasteiger partial charge in [-0.3, -0.25) is 4.57 Å². The van der Waals surface area contributed by atoms with Crippen molar-refractivity contribution in [2.45, 2.75) is 5.75 Å². The second kappa shape index (κ2) is 2.54. The minimum Gasteiger partial charge on any atom is -0.270 e. The summed E-state index contributed by atoms with van der Waals surface area (Å²) in [4.78, 5) is 14.7. The second-order valence-corrected chi connectivity index (χ2v) is 3.08. The van der Waals surface area contributed by atoms with Gasteiger partial charge in [0.05, 0.1) is 0 Å². The van der Waals surface area contributed by atoms with Crippen molar-refractivity contribution in [3.8, 4) is 0 Å². The van der Waals surface area contributed by atoms with Gasteiger partial charge in [0.2, 0.25) is 0 Å². The maximum Gasteiger partial charge on any atom is 0.351 e. The Bertz CT molecular complexity index is 356. The zero-order valence-electron chi connectivity index (χ0n) is 5.73. The molecule has 1 aromatic heterocycles. The van der Waals surface area contributed by atoms with E-state index in [2.05, 4.69) is 4.98 Å². The maximum absolute atomic E-state index is 11.1. The maximum atomic E-state index is 11.1. The van der Waals surface area contributed by atoms with E-state index < -0.39 is 0 Å². The number of rotatable bonds is 0. The minimum absolute atomic E-state index is 0.195. The van der Waals surface area contributed by atoms with E-state index in [1.54, 1.807) is 28.7 Å². The molecule has 0 aliphatic carbocycles. The first-order valence-electron chi connectivity index (χ1n) is 3.22. The fourth-order valence-electron chi connectivity index (χ4n) is 0.967. The molecule has 0 N–H and O–H groups in total. The summed E-state index contributed by atoms with van der Waals surface area (Å²) < 4.78 is 1.57. The van der Waals surface area contributed by atoms with Gasteiger partial charge in [-0.1, -0.05) is 0 Å². The van der Waals surface area contributed by atoms with Crippen LogP contribution in [0.5, 0.6) is 0 Å². The summed E-state index contributed by atoms with van der Waals surface area (Å²) in [6.07, 6.45) is 3.30. The molecule has 3 nitrogen and oxygen atoms in total. The van der Waals surface area contributed by atoms with Gasteiger partial charge >= 0.3 is 5.69 Å². The Labute approximate surface area is 67.8 Å². The lowest BCUT2D eigenvalue weighted by Gasteiger charge is -2.09. The average molecular weight is 166 g/mol. The predicted molar refractivity (Wildman–Crippen MR) is 45.1 cm³/mol. The number of hydrogen-bond acceptors (Lipinski definition) is 3. The Morgan fingerprint density at radius 2 is 2.55 bits per heavy atom. The van der Waals surface area contributed by atoms with Gasteiger partial charge in [0.15, 0.2) is 0 Å². The highest BCUT2D eigenvalue weighted by Gasteiger charge is 2.03. The molecular weight excluding hydrogens is 160 g/mol. The van der Waals surface area contributed by atoms with Crippen LogP contribution in [0.15, 0.2) is 22.5 Å². The van der Waals surface area contributed by atoms with Gasteiger partial charge in [0, 0.05) is 23.8 Å². The van der Waals surface area contributed by atoms with Crippen molar-refractivity contribution in [3.05, 3.63) is 33.8 Å². The van der Waals surface area contributed by atoms with Crippen LogP contribution in [0.3, 0.4) is 0 Å². The van der Waals surface area contributed by atoms with Crippen molar-refractivity contribution in [3.63, 3.8) is 0 Å². The predicted octanol–water partition coefficient (Wildman–Crippen LogP) is 0.918. The Kier molecular flexibility index (Phi) is 1.54. The molecule has 0 saturated heterocycles. The van der Waals surface area contributed by atoms with Gasteiger partial charge in [-0.05, 0) is 11.5 Å². The number of aromatic nitrogens is 2. The number of nitrogens with zero attached hydrogens (tertiary/aromatic N) is 2. The Balaban J connectivity index is 2.70. The first-order valence-corrected chi connectivity index (χ1v) is 4.27. The normalized spacial score (nSPS) is 14.5. The highest BCUT2D eigenvalue weighted by Crippen LogP contribution is 2.16. The van der Waals surface area contributed by atoms with E-state index >= 15 is 0 Å². The lowest BCUT2D eigenvalue weighted by atomic mass is 10.4. The molecule has 4 heteroatoms. The molecule has 11 heavy (non-hydrogen) atoms. The molecule has 0 bridgehead atoms. The third-order valence-electron chi connectivity index (χ3n) is 1.50. The Hall–Kier alpha value is -1.03. The van der Waals surface area contributed by atoms with Crippen molar-refractivity contribution in [1.82, 2.24) is 9.55 Å². The third-order valence-corrected chi connectivity index (χ3v) is 2.28. The van der Waals surface area contributed by atoms with Crippen molar-refractivity contribution in [2.75, 3.05) is 0 Å². The van der Waals surface area contributed by atoms with Gasteiger partial charge in [-0.15, -0.1) is 11.8 Å². The van der Waals surface area contributed by atoms with Gasteiger partial charge in [0.1, 0.15) is 0 Å². The van der Waals surface area contributed by atoms with Crippen LogP contribution in [-0.4, -0.2) is 9.55 Å². The number of fused-ring (bicyclic) bond motifs is 1. The molecular formula is C7H6N2OS. The summed E-state index contributed by atoms with van der Waals surface area (Å²) >= 11 is 1.68. The molecule has 1 aliphatic rings. The minimum atomic E-state index is -0.195. The summed E-state index contributed by atoms with van der Waals surface area (Å²) in [7, 11) is 0. The number of thioether (sulfide) groups is 1. The third kappa shape index (κ3) is 1.09. The van der Waals surface area contributed by atoms with E-state index in [1.807, 2.05) is 11.5 Å². The highest BCUT2D eigenvalue weighted by molar-refractivity contribution is 8.01. The fourth-order valence-corrected chi connectivity index (χ4v) is 1.68. The van der Waals surface area contributed by atoms with Gasteiger partial charge < -0.3 is 0 Å². The Morgan fingerprint density at radius 3 is 3.36 bits per heavy atom. The molecule has 2 heterocycles. The fraction of sp³-hybridized carbons (Fsp3) is 0.143. The molecule has 0 spiro atoms. The quantitative estimate of drug-likeness (QED) is 0.574. The molecule has 0 fully saturated rings. The molecule has 56 valence electrons. The highest BCUT2D eigenvalue weighted by atomic mass is 32.2. The Morgan fingerprint density at radius 1 is 1.64 bits per heavy atom. The number of hydrogen-bond donors (Lipinski definition) is 0. The summed E-state index contributed by atoms with van der Waals surface area (Å²) in [6, 6.07) is 1.86. The van der Waals surface area contributed by atoms with E-state index in [0.717, 1.165) is 11.4 Å². The van der Waals surface area contributed by atoms with Gasteiger partial charge in [-0.25, -0.2) is 9.78 Å². The summed E-state index contributed by atoms with van der Waals surface area (Å²) in [6.45, 7) is 0. The first-order chi connectivity index (χ1) is 5.38. The van der Waals surface area contributed by atoms with E-state index in [1.165, 1.54) is 0 Å². The molecule has 0 saturated carbocycles. The molecule has 0 aromatic carbocycles. The largest absolute Gasteiger partial charge is 0.351 e. The van der Waals surface area contributed by atoms with Crippen LogP contribution in [0.4, 0.5) is 0 Å². The van der Waals surface area contributed by atoms with E-state index in [-0.39, 0.29) is 5.69 Å². The summed E-state index contributed by atoms with van der Waals surface area (Å²) in [5.74, 6) is 0.855. The topological polar surface area (TPSA) is 34.9 Å². The van der Waals surface area contributed by atoms with E-state index in [9.17, 15) is 4.79 Å². The van der Waals surface area contributed by atoms with Gasteiger partial charge in [-0.2, -0.15) is 0 Å². The molecule has 0 unspecified atom stereocenters. The molecule has 2 rings (SSSR count). The monoisotopic (exact) mass is 166 g/mol. The molecule has 0 amide bonds. The lowest BCUT2D eigenvalue weighted by Crippen LogP contribution is -2.21. The smallest absolute Gasteiger partial charge is 0.270 e. The van der Waals surface area contributed by atoms with Crippen molar-refractivity contribution in [1.29, 1.82) is 0 Å². The SMILES string of the molecule is O=c1nccc2n1C=CSC2. The zero-order valence-corrected chi connectivity index (χ0v) is 6.54. The van der Waals surface area contributed by atoms with Crippen LogP contribution >= 0.6 is 11.8 Å². The van der Waals surface area contributed by atoms with E-state index in [0.29, 0.717) is 0 Å².